The predicted octanol–water partition coefficient (Wildman–Crippen LogP) is 2.98. The van der Waals surface area contributed by atoms with Crippen molar-refractivity contribution in [2.45, 2.75) is 25.8 Å². The minimum atomic E-state index is -0.610. The zero-order valence-corrected chi connectivity index (χ0v) is 11.9. The summed E-state index contributed by atoms with van der Waals surface area (Å²) in [6.07, 6.45) is 0. The summed E-state index contributed by atoms with van der Waals surface area (Å²) < 4.78 is 5.04. The van der Waals surface area contributed by atoms with E-state index in [2.05, 4.69) is 0 Å². The Balaban J connectivity index is 2.77. The van der Waals surface area contributed by atoms with Crippen LogP contribution in [-0.2, 0) is 16.1 Å². The van der Waals surface area contributed by atoms with Gasteiger partial charge in [0, 0.05) is 20.2 Å². The maximum absolute atomic E-state index is 12.1. The summed E-state index contributed by atoms with van der Waals surface area (Å²) in [4.78, 5) is 13.8. The second-order valence-corrected chi connectivity index (χ2v) is 4.48. The number of alkyl halides is 1. The third-order valence-corrected chi connectivity index (χ3v) is 3.31. The molecule has 18 heavy (non-hydrogen) atoms. The number of likely N-dealkylation sites (N-methyl/N-ethyl adjacent to an activating group) is 1. The van der Waals surface area contributed by atoms with Crippen LogP contribution in [0.25, 0.3) is 0 Å². The zero-order valence-electron chi connectivity index (χ0n) is 11.1. The van der Waals surface area contributed by atoms with Crippen molar-refractivity contribution in [1.29, 1.82) is 0 Å². The lowest BCUT2D eigenvalue weighted by atomic mass is 10.1. The molecule has 0 heterocycles. The molecule has 4 heteroatoms. The van der Waals surface area contributed by atoms with Gasteiger partial charge in [-0.25, -0.2) is 0 Å². The smallest absolute Gasteiger partial charge is 0.245 e. The molecule has 0 aliphatic heterocycles. The van der Waals surface area contributed by atoms with Gasteiger partial charge in [-0.05, 0) is 25.0 Å². The number of nitrogens with zero attached hydrogens (tertiary/aromatic N) is 1. The molecule has 1 aromatic carbocycles. The number of hydrogen-bond acceptors (Lipinski definition) is 2. The summed E-state index contributed by atoms with van der Waals surface area (Å²) >= 11 is 6.22. The first-order chi connectivity index (χ1) is 8.63. The molecule has 1 rings (SSSR count). The standard InChI is InChI=1S/C14H20ClNO2/c1-4-16(5-2)14(17)13(15)12-8-6-11(7-9-12)10-18-3/h6-9,13H,4-5,10H2,1-3H3. The molecule has 0 saturated carbocycles. The molecule has 1 amide bonds. The second-order valence-electron chi connectivity index (χ2n) is 4.05. The number of halogens is 1. The highest BCUT2D eigenvalue weighted by atomic mass is 35.5. The Labute approximate surface area is 114 Å². The summed E-state index contributed by atoms with van der Waals surface area (Å²) in [5.74, 6) is -0.0406. The van der Waals surface area contributed by atoms with Gasteiger partial charge in [0.05, 0.1) is 6.61 Å². The summed E-state index contributed by atoms with van der Waals surface area (Å²) in [5.41, 5.74) is 1.90. The van der Waals surface area contributed by atoms with Crippen LogP contribution in [0.1, 0.15) is 30.4 Å². The third-order valence-electron chi connectivity index (χ3n) is 2.88. The monoisotopic (exact) mass is 269 g/mol. The van der Waals surface area contributed by atoms with Crippen LogP contribution in [0.4, 0.5) is 0 Å². The number of methoxy groups -OCH3 is 1. The summed E-state index contributed by atoms with van der Waals surface area (Å²) in [6, 6.07) is 7.63. The average Bonchev–Trinajstić information content (AvgIpc) is 2.40. The highest BCUT2D eigenvalue weighted by Gasteiger charge is 2.21. The van der Waals surface area contributed by atoms with Crippen molar-refractivity contribution in [2.24, 2.45) is 0 Å². The van der Waals surface area contributed by atoms with Crippen LogP contribution in [0, 0.1) is 0 Å². The van der Waals surface area contributed by atoms with Crippen LogP contribution in [0.3, 0.4) is 0 Å². The molecule has 0 radical (unpaired) electrons. The largest absolute Gasteiger partial charge is 0.380 e. The first-order valence-electron chi connectivity index (χ1n) is 6.14. The molecule has 1 aromatic rings. The van der Waals surface area contributed by atoms with Gasteiger partial charge in [0.2, 0.25) is 5.91 Å². The van der Waals surface area contributed by atoms with Gasteiger partial charge >= 0.3 is 0 Å². The fraction of sp³-hybridized carbons (Fsp3) is 0.500. The highest BCUT2D eigenvalue weighted by molar-refractivity contribution is 6.30. The first kappa shape index (κ1) is 15.0. The number of carbonyl (C=O) groups is 1. The van der Waals surface area contributed by atoms with Gasteiger partial charge in [-0.1, -0.05) is 24.3 Å². The van der Waals surface area contributed by atoms with E-state index < -0.39 is 5.38 Å². The van der Waals surface area contributed by atoms with Gasteiger partial charge in [-0.2, -0.15) is 0 Å². The van der Waals surface area contributed by atoms with Crippen molar-refractivity contribution in [3.63, 3.8) is 0 Å². The minimum absolute atomic E-state index is 0.0406. The van der Waals surface area contributed by atoms with E-state index >= 15 is 0 Å². The minimum Gasteiger partial charge on any atom is -0.380 e. The van der Waals surface area contributed by atoms with Gasteiger partial charge in [0.25, 0.3) is 0 Å². The molecule has 0 aliphatic carbocycles. The molecule has 0 saturated heterocycles. The lowest BCUT2D eigenvalue weighted by Gasteiger charge is -2.21. The van der Waals surface area contributed by atoms with Gasteiger partial charge < -0.3 is 9.64 Å². The number of benzene rings is 1. The Bertz CT molecular complexity index is 374. The predicted molar refractivity (Wildman–Crippen MR) is 73.7 cm³/mol. The maximum Gasteiger partial charge on any atom is 0.245 e. The molecular formula is C14H20ClNO2. The Morgan fingerprint density at radius 1 is 1.28 bits per heavy atom. The Hall–Kier alpha value is -1.06. The Morgan fingerprint density at radius 3 is 2.28 bits per heavy atom. The number of amides is 1. The zero-order chi connectivity index (χ0) is 13.5. The molecule has 0 spiro atoms. The van der Waals surface area contributed by atoms with E-state index in [1.54, 1.807) is 12.0 Å². The van der Waals surface area contributed by atoms with Crippen LogP contribution in [0.15, 0.2) is 24.3 Å². The number of rotatable bonds is 6. The molecule has 1 unspecified atom stereocenters. The fourth-order valence-electron chi connectivity index (χ4n) is 1.79. The van der Waals surface area contributed by atoms with E-state index in [-0.39, 0.29) is 5.91 Å². The molecule has 0 bridgehead atoms. The van der Waals surface area contributed by atoms with E-state index in [1.165, 1.54) is 0 Å². The molecule has 0 fully saturated rings. The lowest BCUT2D eigenvalue weighted by Crippen LogP contribution is -2.33. The van der Waals surface area contributed by atoms with E-state index in [0.29, 0.717) is 19.7 Å². The van der Waals surface area contributed by atoms with Crippen LogP contribution < -0.4 is 0 Å². The lowest BCUT2D eigenvalue weighted by molar-refractivity contribution is -0.130. The van der Waals surface area contributed by atoms with Crippen LogP contribution >= 0.6 is 11.6 Å². The topological polar surface area (TPSA) is 29.5 Å². The Kier molecular flexibility index (Phi) is 6.16. The number of carbonyl (C=O) groups excluding carboxylic acids is 1. The van der Waals surface area contributed by atoms with E-state index in [9.17, 15) is 4.79 Å². The van der Waals surface area contributed by atoms with Crippen molar-refractivity contribution in [2.75, 3.05) is 20.2 Å². The van der Waals surface area contributed by atoms with E-state index in [0.717, 1.165) is 11.1 Å². The van der Waals surface area contributed by atoms with Gasteiger partial charge in [0.1, 0.15) is 5.38 Å². The fourth-order valence-corrected chi connectivity index (χ4v) is 2.07. The van der Waals surface area contributed by atoms with Crippen molar-refractivity contribution < 1.29 is 9.53 Å². The maximum atomic E-state index is 12.1. The molecule has 3 nitrogen and oxygen atoms in total. The number of ether oxygens (including phenoxy) is 1. The molecule has 100 valence electrons. The van der Waals surface area contributed by atoms with Gasteiger partial charge in [-0.3, -0.25) is 4.79 Å². The van der Waals surface area contributed by atoms with Crippen LogP contribution in [0.2, 0.25) is 0 Å². The van der Waals surface area contributed by atoms with Gasteiger partial charge in [-0.15, -0.1) is 11.6 Å². The molecular weight excluding hydrogens is 250 g/mol. The summed E-state index contributed by atoms with van der Waals surface area (Å²) in [5, 5.41) is -0.610. The molecule has 1 atom stereocenters. The third kappa shape index (κ3) is 3.72. The normalized spacial score (nSPS) is 12.2. The number of hydrogen-bond donors (Lipinski definition) is 0. The van der Waals surface area contributed by atoms with E-state index in [1.807, 2.05) is 38.1 Å². The highest BCUT2D eigenvalue weighted by Crippen LogP contribution is 2.23. The van der Waals surface area contributed by atoms with Crippen molar-refractivity contribution in [3.05, 3.63) is 35.4 Å². The van der Waals surface area contributed by atoms with Crippen LogP contribution in [0.5, 0.6) is 0 Å². The summed E-state index contributed by atoms with van der Waals surface area (Å²) in [6.45, 7) is 5.83. The SMILES string of the molecule is CCN(CC)C(=O)C(Cl)c1ccc(COC)cc1. The van der Waals surface area contributed by atoms with Crippen molar-refractivity contribution in [3.8, 4) is 0 Å². The molecule has 0 N–H and O–H groups in total. The molecule has 0 aliphatic rings. The summed E-state index contributed by atoms with van der Waals surface area (Å²) in [7, 11) is 1.65. The van der Waals surface area contributed by atoms with Crippen LogP contribution in [-0.4, -0.2) is 31.0 Å². The first-order valence-corrected chi connectivity index (χ1v) is 6.58. The van der Waals surface area contributed by atoms with E-state index in [4.69, 9.17) is 16.3 Å². The molecule has 0 aromatic heterocycles. The van der Waals surface area contributed by atoms with Gasteiger partial charge in [0.15, 0.2) is 0 Å². The van der Waals surface area contributed by atoms with Crippen molar-refractivity contribution in [1.82, 2.24) is 4.90 Å². The quantitative estimate of drug-likeness (QED) is 0.743. The average molecular weight is 270 g/mol. The second kappa shape index (κ2) is 7.39. The Morgan fingerprint density at radius 2 is 1.83 bits per heavy atom. The van der Waals surface area contributed by atoms with Crippen molar-refractivity contribution >= 4 is 17.5 Å².